The minimum absolute atomic E-state index is 0.362. The molecule has 0 radical (unpaired) electrons. The summed E-state index contributed by atoms with van der Waals surface area (Å²) in [4.78, 5) is 6.68. The number of benzene rings is 7. The van der Waals surface area contributed by atoms with Gasteiger partial charge in [-0.25, -0.2) is 0 Å². The van der Waals surface area contributed by atoms with Gasteiger partial charge in [-0.2, -0.15) is 0 Å². The van der Waals surface area contributed by atoms with Crippen LogP contribution in [0.3, 0.4) is 0 Å². The zero-order valence-electron chi connectivity index (χ0n) is 28.6. The Morgan fingerprint density at radius 2 is 1.49 bits per heavy atom. The minimum Gasteiger partial charge on any atom is -0.456 e. The number of thiophene rings is 1. The number of furan rings is 1. The summed E-state index contributed by atoms with van der Waals surface area (Å²) in [5.41, 5.74) is 12.2. The molecule has 53 heavy (non-hydrogen) atoms. The van der Waals surface area contributed by atoms with E-state index in [0.717, 1.165) is 68.4 Å². The largest absolute Gasteiger partial charge is 0.456 e. The van der Waals surface area contributed by atoms with E-state index in [1.807, 2.05) is 0 Å². The summed E-state index contributed by atoms with van der Waals surface area (Å²) >= 11 is 1.80. The number of aliphatic imine (C=N–C) groups is 1. The fraction of sp³-hybridized carbons (Fsp3) is 0.0625. The van der Waals surface area contributed by atoms with E-state index in [1.54, 1.807) is 11.3 Å². The summed E-state index contributed by atoms with van der Waals surface area (Å²) in [6, 6.07) is 50.5. The maximum absolute atomic E-state index is 7.07. The van der Waals surface area contributed by atoms with Gasteiger partial charge in [-0.15, -0.1) is 11.3 Å². The molecule has 1 atom stereocenters. The van der Waals surface area contributed by atoms with E-state index in [9.17, 15) is 0 Å². The molecule has 0 amide bonds. The summed E-state index contributed by atoms with van der Waals surface area (Å²) in [6.07, 6.45) is 6.34. The van der Waals surface area contributed by atoms with E-state index < -0.39 is 0 Å². The van der Waals surface area contributed by atoms with Crippen LogP contribution in [0.25, 0.3) is 76.4 Å². The van der Waals surface area contributed by atoms with Crippen molar-refractivity contribution in [3.63, 3.8) is 0 Å². The lowest BCUT2D eigenvalue weighted by molar-refractivity contribution is 0.656. The van der Waals surface area contributed by atoms with Crippen molar-refractivity contribution >= 4 is 93.4 Å². The van der Waals surface area contributed by atoms with Crippen molar-refractivity contribution in [2.45, 2.75) is 19.0 Å². The predicted molar refractivity (Wildman–Crippen MR) is 223 cm³/mol. The molecule has 0 fully saturated rings. The highest BCUT2D eigenvalue weighted by Crippen LogP contribution is 2.47. The molecule has 4 heterocycles. The number of aromatic nitrogens is 1. The van der Waals surface area contributed by atoms with Crippen molar-refractivity contribution in [1.29, 1.82) is 0 Å². The van der Waals surface area contributed by atoms with Gasteiger partial charge in [0.25, 0.3) is 0 Å². The zero-order chi connectivity index (χ0) is 34.6. The second-order valence-corrected chi connectivity index (χ2v) is 15.3. The molecule has 12 rings (SSSR count). The Bertz CT molecular complexity index is 3210. The first kappa shape index (κ1) is 29.2. The van der Waals surface area contributed by atoms with Crippen LogP contribution in [-0.2, 0) is 6.42 Å². The first-order chi connectivity index (χ1) is 26.3. The van der Waals surface area contributed by atoms with Crippen molar-refractivity contribution in [2.24, 2.45) is 4.99 Å². The number of rotatable bonds is 3. The van der Waals surface area contributed by atoms with Gasteiger partial charge >= 0.3 is 0 Å². The Hall–Kier alpha value is -6.43. The number of fused-ring (bicyclic) bond motifs is 11. The summed E-state index contributed by atoms with van der Waals surface area (Å²) < 4.78 is 10.8. The van der Waals surface area contributed by atoms with Crippen LogP contribution in [0.5, 0.6) is 0 Å². The lowest BCUT2D eigenvalue weighted by atomic mass is 9.95. The molecule has 1 N–H and O–H groups in total. The van der Waals surface area contributed by atoms with Crippen LogP contribution in [0, 0.1) is 0 Å². The van der Waals surface area contributed by atoms with Crippen molar-refractivity contribution in [3.8, 4) is 5.69 Å². The highest BCUT2D eigenvalue weighted by atomic mass is 32.1. The third-order valence-electron chi connectivity index (χ3n) is 11.2. The van der Waals surface area contributed by atoms with E-state index in [-0.39, 0.29) is 6.17 Å². The lowest BCUT2D eigenvalue weighted by Gasteiger charge is -2.25. The number of aryl methyl sites for hydroxylation is 1. The molecule has 2 aliphatic rings. The number of hydrogen-bond acceptors (Lipinski definition) is 4. The highest BCUT2D eigenvalue weighted by molar-refractivity contribution is 7.22. The molecule has 10 aromatic rings. The van der Waals surface area contributed by atoms with E-state index in [4.69, 9.17) is 9.41 Å². The van der Waals surface area contributed by atoms with E-state index in [0.29, 0.717) is 0 Å². The molecule has 0 bridgehead atoms. The molecule has 250 valence electrons. The fourth-order valence-corrected chi connectivity index (χ4v) is 9.97. The minimum atomic E-state index is -0.362. The van der Waals surface area contributed by atoms with Crippen LogP contribution in [-0.4, -0.2) is 10.3 Å². The van der Waals surface area contributed by atoms with Crippen LogP contribution in [0.2, 0.25) is 0 Å². The van der Waals surface area contributed by atoms with Crippen LogP contribution in [0.4, 0.5) is 5.69 Å². The Kier molecular flexibility index (Phi) is 6.08. The number of para-hydroxylation sites is 1. The van der Waals surface area contributed by atoms with Crippen LogP contribution >= 0.6 is 11.3 Å². The topological polar surface area (TPSA) is 42.5 Å². The third kappa shape index (κ3) is 4.26. The van der Waals surface area contributed by atoms with Gasteiger partial charge in [0.1, 0.15) is 17.3 Å². The maximum Gasteiger partial charge on any atom is 0.149 e. The van der Waals surface area contributed by atoms with Gasteiger partial charge in [-0.3, -0.25) is 4.99 Å². The second-order valence-electron chi connectivity index (χ2n) is 14.2. The van der Waals surface area contributed by atoms with Crippen molar-refractivity contribution in [2.75, 3.05) is 5.32 Å². The van der Waals surface area contributed by atoms with Gasteiger partial charge in [0.15, 0.2) is 0 Å². The number of nitrogens with zero attached hydrogens (tertiary/aromatic N) is 2. The smallest absolute Gasteiger partial charge is 0.149 e. The molecule has 4 nitrogen and oxygen atoms in total. The lowest BCUT2D eigenvalue weighted by Crippen LogP contribution is -2.19. The van der Waals surface area contributed by atoms with E-state index in [2.05, 4.69) is 162 Å². The molecule has 1 aliphatic carbocycles. The molecule has 1 aliphatic heterocycles. The first-order valence-electron chi connectivity index (χ1n) is 18.3. The summed E-state index contributed by atoms with van der Waals surface area (Å²) in [7, 11) is 0. The Morgan fingerprint density at radius 3 is 2.40 bits per heavy atom. The van der Waals surface area contributed by atoms with Crippen molar-refractivity contribution < 1.29 is 4.42 Å². The van der Waals surface area contributed by atoms with Gasteiger partial charge in [0.05, 0.1) is 38.4 Å². The molecular weight excluding hydrogens is 667 g/mol. The van der Waals surface area contributed by atoms with Gasteiger partial charge in [-0.05, 0) is 83.3 Å². The number of nitrogens with one attached hydrogen (secondary N) is 1. The third-order valence-corrected chi connectivity index (χ3v) is 12.4. The summed E-state index contributed by atoms with van der Waals surface area (Å²) in [6.45, 7) is 0. The second kappa shape index (κ2) is 11.0. The molecule has 0 spiro atoms. The Morgan fingerprint density at radius 1 is 0.698 bits per heavy atom. The van der Waals surface area contributed by atoms with Crippen LogP contribution in [0.1, 0.15) is 39.7 Å². The van der Waals surface area contributed by atoms with Gasteiger partial charge in [0.2, 0.25) is 0 Å². The Balaban J connectivity index is 1.17. The van der Waals surface area contributed by atoms with E-state index >= 15 is 0 Å². The van der Waals surface area contributed by atoms with Crippen LogP contribution < -0.4 is 5.32 Å². The van der Waals surface area contributed by atoms with Gasteiger partial charge in [-0.1, -0.05) is 103 Å². The first-order valence-corrected chi connectivity index (χ1v) is 19.1. The average molecular weight is 698 g/mol. The number of allylic oxidation sites excluding steroid dienone is 1. The SMILES string of the molecule is C1=Cc2cc3c4ccccc4n(-c4ccc(C5N=C(c6ccccc6)c6sc7ccccc7c6N5)c5oc6cc7ccccc7cc6c45)c3cc2CC1. The van der Waals surface area contributed by atoms with Gasteiger partial charge < -0.3 is 14.3 Å². The summed E-state index contributed by atoms with van der Waals surface area (Å²) in [5.74, 6) is 0. The van der Waals surface area contributed by atoms with Gasteiger partial charge in [0, 0.05) is 37.4 Å². The van der Waals surface area contributed by atoms with E-state index in [1.165, 1.54) is 53.3 Å². The monoisotopic (exact) mass is 697 g/mol. The number of hydrogen-bond donors (Lipinski definition) is 1. The fourth-order valence-electron chi connectivity index (χ4n) is 8.79. The molecule has 0 saturated heterocycles. The molecule has 0 saturated carbocycles. The van der Waals surface area contributed by atoms with Crippen molar-refractivity contribution in [1.82, 2.24) is 4.57 Å². The predicted octanol–water partition coefficient (Wildman–Crippen LogP) is 13.0. The summed E-state index contributed by atoms with van der Waals surface area (Å²) in [5, 5.41) is 12.2. The standard InChI is InChI=1S/C48H31N3OS/c1-2-12-28(13-3-1)44-47-45(34-19-9-11-21-42(34)53-47)50-48(49-44)35-22-23-39(43-37-25-30-15-5-7-17-32(30)27-41(37)52-46(35)43)51-38-20-10-8-18-33(38)36-24-29-14-4-6-16-31(29)26-40(36)51/h1-5,7-15,17-27,48,50H,6,16H2. The average Bonchev–Trinajstić information content (AvgIpc) is 3.88. The quantitative estimate of drug-likeness (QED) is 0.200. The molecular formula is C48H31N3OS. The number of anilines is 1. The zero-order valence-corrected chi connectivity index (χ0v) is 29.5. The molecule has 7 aromatic carbocycles. The molecule has 3 aromatic heterocycles. The Labute approximate surface area is 308 Å². The molecule has 1 unspecified atom stereocenters. The van der Waals surface area contributed by atoms with Crippen LogP contribution in [0.15, 0.2) is 155 Å². The maximum atomic E-state index is 7.07. The molecule has 5 heteroatoms. The normalized spacial score (nSPS) is 15.4. The van der Waals surface area contributed by atoms with Crippen molar-refractivity contribution in [3.05, 3.63) is 173 Å². The highest BCUT2D eigenvalue weighted by Gasteiger charge is 2.30.